The first-order valence-electron chi connectivity index (χ1n) is 10.0. The third kappa shape index (κ3) is 4.42. The summed E-state index contributed by atoms with van der Waals surface area (Å²) in [4.78, 5) is 29.8. The van der Waals surface area contributed by atoms with E-state index in [4.69, 9.17) is 0 Å². The molecule has 0 aliphatic carbocycles. The molecule has 2 amide bonds. The van der Waals surface area contributed by atoms with Gasteiger partial charge >= 0.3 is 6.18 Å². The van der Waals surface area contributed by atoms with E-state index < -0.39 is 29.7 Å². The van der Waals surface area contributed by atoms with Crippen LogP contribution in [-0.4, -0.2) is 72.1 Å². The van der Waals surface area contributed by atoms with E-state index in [1.54, 1.807) is 30.3 Å². The molecule has 2 aromatic carbocycles. The van der Waals surface area contributed by atoms with Gasteiger partial charge in [-0.2, -0.15) is 13.2 Å². The van der Waals surface area contributed by atoms with Crippen LogP contribution in [0.5, 0.6) is 0 Å². The number of hydrogen-bond donors (Lipinski definition) is 1. The first-order chi connectivity index (χ1) is 14.7. The summed E-state index contributed by atoms with van der Waals surface area (Å²) in [6.45, 7) is 2.30. The molecule has 9 heteroatoms. The number of piperazine rings is 1. The number of amides is 2. The molecule has 2 aliphatic rings. The average Bonchev–Trinajstić information content (AvgIpc) is 2.99. The van der Waals surface area contributed by atoms with Crippen molar-refractivity contribution in [3.05, 3.63) is 65.2 Å². The molecule has 1 unspecified atom stereocenters. The van der Waals surface area contributed by atoms with Crippen LogP contribution in [0.15, 0.2) is 48.5 Å². The van der Waals surface area contributed by atoms with E-state index in [9.17, 15) is 27.9 Å². The number of nitrogens with zero attached hydrogens (tertiary/aromatic N) is 3. The fourth-order valence-electron chi connectivity index (χ4n) is 4.04. The van der Waals surface area contributed by atoms with Gasteiger partial charge in [-0.25, -0.2) is 0 Å². The van der Waals surface area contributed by atoms with E-state index in [-0.39, 0.29) is 13.1 Å². The minimum Gasteiger partial charge on any atom is -0.390 e. The van der Waals surface area contributed by atoms with E-state index >= 15 is 0 Å². The minimum atomic E-state index is -4.38. The van der Waals surface area contributed by atoms with Crippen molar-refractivity contribution in [2.75, 3.05) is 44.2 Å². The Morgan fingerprint density at radius 3 is 2.06 bits per heavy atom. The number of fused-ring (bicyclic) bond motifs is 1. The van der Waals surface area contributed by atoms with Crippen LogP contribution < -0.4 is 4.90 Å². The smallest absolute Gasteiger partial charge is 0.390 e. The number of aliphatic hydroxyl groups excluding tert-OH is 1. The van der Waals surface area contributed by atoms with Crippen LogP contribution in [0, 0.1) is 0 Å². The predicted octanol–water partition coefficient (Wildman–Crippen LogP) is 2.48. The number of hydrogen-bond acceptors (Lipinski definition) is 5. The Hall–Kier alpha value is -2.91. The summed E-state index contributed by atoms with van der Waals surface area (Å²) in [7, 11) is 0. The Labute approximate surface area is 177 Å². The summed E-state index contributed by atoms with van der Waals surface area (Å²) in [5, 5.41) is 10.5. The molecule has 2 aromatic rings. The number of halogens is 3. The van der Waals surface area contributed by atoms with Crippen molar-refractivity contribution >= 4 is 17.5 Å². The Morgan fingerprint density at radius 2 is 1.48 bits per heavy atom. The van der Waals surface area contributed by atoms with Crippen LogP contribution in [0.1, 0.15) is 26.3 Å². The second-order valence-corrected chi connectivity index (χ2v) is 7.76. The van der Waals surface area contributed by atoms with Crippen molar-refractivity contribution in [2.45, 2.75) is 12.3 Å². The molecule has 0 spiro atoms. The largest absolute Gasteiger partial charge is 0.416 e. The van der Waals surface area contributed by atoms with Gasteiger partial charge in [0.15, 0.2) is 0 Å². The quantitative estimate of drug-likeness (QED) is 0.735. The Morgan fingerprint density at radius 1 is 0.871 bits per heavy atom. The molecule has 31 heavy (non-hydrogen) atoms. The summed E-state index contributed by atoms with van der Waals surface area (Å²) >= 11 is 0. The average molecular weight is 433 g/mol. The molecular formula is C22H22F3N3O3. The molecule has 1 saturated heterocycles. The number of carbonyl (C=O) groups is 2. The van der Waals surface area contributed by atoms with Crippen molar-refractivity contribution in [1.29, 1.82) is 0 Å². The number of anilines is 1. The molecule has 0 aromatic heterocycles. The Kier molecular flexibility index (Phi) is 5.72. The SMILES string of the molecule is O=C1c2ccccc2C(=O)N1CC(O)CN1CCN(c2cccc(C(F)(F)F)c2)CC1. The van der Waals surface area contributed by atoms with E-state index in [2.05, 4.69) is 0 Å². The monoisotopic (exact) mass is 433 g/mol. The molecule has 0 radical (unpaired) electrons. The Balaban J connectivity index is 1.31. The number of carbonyl (C=O) groups excluding carboxylic acids is 2. The van der Waals surface area contributed by atoms with E-state index in [0.717, 1.165) is 17.0 Å². The van der Waals surface area contributed by atoms with Crippen LogP contribution >= 0.6 is 0 Å². The van der Waals surface area contributed by atoms with Gasteiger partial charge in [0.25, 0.3) is 11.8 Å². The van der Waals surface area contributed by atoms with Gasteiger partial charge in [0, 0.05) is 38.4 Å². The zero-order valence-electron chi connectivity index (χ0n) is 16.7. The molecule has 164 valence electrons. The molecule has 2 aliphatic heterocycles. The third-order valence-corrected chi connectivity index (χ3v) is 5.65. The highest BCUT2D eigenvalue weighted by Gasteiger charge is 2.36. The predicted molar refractivity (Wildman–Crippen MR) is 108 cm³/mol. The lowest BCUT2D eigenvalue weighted by atomic mass is 10.1. The highest BCUT2D eigenvalue weighted by molar-refractivity contribution is 6.21. The van der Waals surface area contributed by atoms with Gasteiger partial charge in [0.2, 0.25) is 0 Å². The molecular weight excluding hydrogens is 411 g/mol. The summed E-state index contributed by atoms with van der Waals surface area (Å²) in [5.74, 6) is -0.817. The summed E-state index contributed by atoms with van der Waals surface area (Å²) < 4.78 is 38.8. The molecule has 1 fully saturated rings. The fourth-order valence-corrected chi connectivity index (χ4v) is 4.04. The second kappa shape index (κ2) is 8.32. The first kappa shape index (κ1) is 21.3. The van der Waals surface area contributed by atoms with Crippen LogP contribution in [0.3, 0.4) is 0 Å². The zero-order valence-corrected chi connectivity index (χ0v) is 16.7. The number of aliphatic hydroxyl groups is 1. The van der Waals surface area contributed by atoms with E-state index in [1.807, 2.05) is 9.80 Å². The maximum absolute atomic E-state index is 12.9. The summed E-state index contributed by atoms with van der Waals surface area (Å²) in [6, 6.07) is 11.8. The van der Waals surface area contributed by atoms with Crippen molar-refractivity contribution < 1.29 is 27.9 Å². The molecule has 0 saturated carbocycles. The number of rotatable bonds is 5. The van der Waals surface area contributed by atoms with Crippen LogP contribution in [-0.2, 0) is 6.18 Å². The third-order valence-electron chi connectivity index (χ3n) is 5.65. The molecule has 1 N–H and O–H groups in total. The molecule has 4 rings (SSSR count). The van der Waals surface area contributed by atoms with Gasteiger partial charge < -0.3 is 10.0 Å². The van der Waals surface area contributed by atoms with Crippen molar-refractivity contribution in [2.24, 2.45) is 0 Å². The van der Waals surface area contributed by atoms with Gasteiger partial charge in [0.05, 0.1) is 29.3 Å². The van der Waals surface area contributed by atoms with Crippen molar-refractivity contribution in [3.8, 4) is 0 Å². The lowest BCUT2D eigenvalue weighted by Crippen LogP contribution is -2.50. The molecule has 0 bridgehead atoms. The van der Waals surface area contributed by atoms with Gasteiger partial charge in [-0.3, -0.25) is 19.4 Å². The normalized spacial score (nSPS) is 18.5. The molecule has 1 atom stereocenters. The minimum absolute atomic E-state index is 0.0970. The lowest BCUT2D eigenvalue weighted by Gasteiger charge is -2.37. The fraction of sp³-hybridized carbons (Fsp3) is 0.364. The number of benzene rings is 2. The highest BCUT2D eigenvalue weighted by Crippen LogP contribution is 2.32. The van der Waals surface area contributed by atoms with E-state index in [0.29, 0.717) is 43.0 Å². The van der Waals surface area contributed by atoms with Gasteiger partial charge in [-0.15, -0.1) is 0 Å². The van der Waals surface area contributed by atoms with Gasteiger partial charge in [0.1, 0.15) is 0 Å². The highest BCUT2D eigenvalue weighted by atomic mass is 19.4. The lowest BCUT2D eigenvalue weighted by molar-refractivity contribution is -0.137. The zero-order chi connectivity index (χ0) is 22.2. The van der Waals surface area contributed by atoms with Crippen molar-refractivity contribution in [3.63, 3.8) is 0 Å². The van der Waals surface area contributed by atoms with Crippen molar-refractivity contribution in [1.82, 2.24) is 9.80 Å². The first-order valence-corrected chi connectivity index (χ1v) is 10.0. The maximum atomic E-state index is 12.9. The van der Waals surface area contributed by atoms with E-state index in [1.165, 1.54) is 6.07 Å². The molecule has 6 nitrogen and oxygen atoms in total. The summed E-state index contributed by atoms with van der Waals surface area (Å²) in [6.07, 6.45) is -5.30. The number of β-amino-alcohol motifs (C(OH)–C–C–N with tert-alkyl or cyclic N) is 1. The number of alkyl halides is 3. The number of imide groups is 1. The Bertz CT molecular complexity index is 952. The van der Waals surface area contributed by atoms with Crippen LogP contribution in [0.4, 0.5) is 18.9 Å². The molecule has 2 heterocycles. The topological polar surface area (TPSA) is 64.1 Å². The van der Waals surface area contributed by atoms with Crippen LogP contribution in [0.25, 0.3) is 0 Å². The van der Waals surface area contributed by atoms with Crippen LogP contribution in [0.2, 0.25) is 0 Å². The van der Waals surface area contributed by atoms with Gasteiger partial charge in [-0.05, 0) is 30.3 Å². The maximum Gasteiger partial charge on any atom is 0.416 e. The van der Waals surface area contributed by atoms with Gasteiger partial charge in [-0.1, -0.05) is 18.2 Å². The second-order valence-electron chi connectivity index (χ2n) is 7.76. The standard InChI is InChI=1S/C22H22F3N3O3/c23-22(24,25)15-4-3-5-16(12-15)27-10-8-26(9-11-27)13-17(29)14-28-20(30)18-6-1-2-7-19(18)21(28)31/h1-7,12,17,29H,8-11,13-14H2. The summed E-state index contributed by atoms with van der Waals surface area (Å²) in [5.41, 5.74) is 0.522.